The van der Waals surface area contributed by atoms with Crippen molar-refractivity contribution in [2.45, 2.75) is 43.5 Å². The molecule has 2 rings (SSSR count). The first-order valence-corrected chi connectivity index (χ1v) is 9.65. The van der Waals surface area contributed by atoms with E-state index in [9.17, 15) is 4.79 Å². The molecule has 0 spiro atoms. The highest BCUT2D eigenvalue weighted by Crippen LogP contribution is 2.21. The lowest BCUT2D eigenvalue weighted by molar-refractivity contribution is -0.119. The Bertz CT molecular complexity index is 484. The second-order valence-electron chi connectivity index (χ2n) is 6.38. The Kier molecular flexibility index (Phi) is 6.78. The van der Waals surface area contributed by atoms with Gasteiger partial charge in [-0.2, -0.15) is 0 Å². The summed E-state index contributed by atoms with van der Waals surface area (Å²) in [5.74, 6) is 0.579. The monoisotopic (exact) mass is 384 g/mol. The highest BCUT2D eigenvalue weighted by atomic mass is 79.9. The maximum Gasteiger partial charge on any atom is 0.230 e. The summed E-state index contributed by atoms with van der Waals surface area (Å²) in [6, 6.07) is 8.05. The molecule has 1 fully saturated rings. The van der Waals surface area contributed by atoms with Crippen LogP contribution < -0.4 is 5.32 Å². The predicted molar refractivity (Wildman–Crippen MR) is 97.4 cm³/mol. The van der Waals surface area contributed by atoms with Crippen LogP contribution in [0.25, 0.3) is 0 Å². The minimum absolute atomic E-state index is 0.0400. The Morgan fingerprint density at radius 2 is 1.86 bits per heavy atom. The average Bonchev–Trinajstić information content (AvgIpc) is 2.53. The maximum absolute atomic E-state index is 12.1. The van der Waals surface area contributed by atoms with Gasteiger partial charge in [-0.25, -0.2) is 0 Å². The zero-order valence-electron chi connectivity index (χ0n) is 13.4. The third kappa shape index (κ3) is 5.60. The lowest BCUT2D eigenvalue weighted by Crippen LogP contribution is -2.53. The lowest BCUT2D eigenvalue weighted by Gasteiger charge is -2.41. The van der Waals surface area contributed by atoms with E-state index < -0.39 is 0 Å². The number of hydrogen-bond acceptors (Lipinski definition) is 3. The number of piperidine rings is 1. The smallest absolute Gasteiger partial charge is 0.230 e. The normalized spacial score (nSPS) is 16.5. The fraction of sp³-hybridized carbons (Fsp3) is 0.588. The molecule has 1 aliphatic heterocycles. The molecule has 22 heavy (non-hydrogen) atoms. The van der Waals surface area contributed by atoms with Crippen LogP contribution in [0.4, 0.5) is 0 Å². The largest absolute Gasteiger partial charge is 0.354 e. The van der Waals surface area contributed by atoms with Crippen molar-refractivity contribution in [3.05, 3.63) is 28.7 Å². The van der Waals surface area contributed by atoms with Gasteiger partial charge in [0.25, 0.3) is 0 Å². The number of halogens is 1. The van der Waals surface area contributed by atoms with Gasteiger partial charge in [-0.15, -0.1) is 11.8 Å². The molecule has 0 radical (unpaired) electrons. The van der Waals surface area contributed by atoms with Gasteiger partial charge in [-0.05, 0) is 64.0 Å². The molecule has 1 aromatic carbocycles. The molecule has 0 saturated carbocycles. The topological polar surface area (TPSA) is 32.3 Å². The van der Waals surface area contributed by atoms with Crippen molar-refractivity contribution in [3.8, 4) is 0 Å². The Hall–Kier alpha value is -0.520. The zero-order valence-corrected chi connectivity index (χ0v) is 15.8. The summed E-state index contributed by atoms with van der Waals surface area (Å²) in [4.78, 5) is 15.7. The molecule has 3 nitrogen and oxygen atoms in total. The molecular weight excluding hydrogens is 360 g/mol. The molecular formula is C17H25BrN2OS. The van der Waals surface area contributed by atoms with Gasteiger partial charge in [0.15, 0.2) is 0 Å². The number of benzene rings is 1. The van der Waals surface area contributed by atoms with Crippen LogP contribution in [-0.2, 0) is 4.79 Å². The standard InChI is InChI=1S/C17H25BrN2OS/c1-17(2,20-10-4-3-5-11-20)13-19-16(21)12-22-15-8-6-14(18)7-9-15/h6-9H,3-5,10-13H2,1-2H3,(H,19,21). The van der Waals surface area contributed by atoms with Gasteiger partial charge in [0.05, 0.1) is 5.75 Å². The van der Waals surface area contributed by atoms with Gasteiger partial charge in [-0.3, -0.25) is 9.69 Å². The molecule has 0 aliphatic carbocycles. The van der Waals surface area contributed by atoms with Gasteiger partial charge in [0, 0.05) is 21.5 Å². The third-order valence-corrected chi connectivity index (χ3v) is 5.65. The Balaban J connectivity index is 1.73. The van der Waals surface area contributed by atoms with E-state index in [0.29, 0.717) is 12.3 Å². The molecule has 1 aliphatic rings. The Morgan fingerprint density at radius 1 is 1.23 bits per heavy atom. The summed E-state index contributed by atoms with van der Waals surface area (Å²) >= 11 is 4.99. The molecule has 1 aromatic rings. The first-order chi connectivity index (χ1) is 10.5. The summed E-state index contributed by atoms with van der Waals surface area (Å²) in [5.41, 5.74) is 0.0400. The van der Waals surface area contributed by atoms with Gasteiger partial charge in [0.1, 0.15) is 0 Å². The molecule has 0 aromatic heterocycles. The van der Waals surface area contributed by atoms with Crippen molar-refractivity contribution in [1.29, 1.82) is 0 Å². The van der Waals surface area contributed by atoms with Crippen LogP contribution in [0, 0.1) is 0 Å². The molecule has 0 atom stereocenters. The molecule has 1 saturated heterocycles. The predicted octanol–water partition coefficient (Wildman–Crippen LogP) is 3.92. The zero-order chi connectivity index (χ0) is 16.0. The fourth-order valence-electron chi connectivity index (χ4n) is 2.66. The number of carbonyl (C=O) groups excluding carboxylic acids is 1. The summed E-state index contributed by atoms with van der Waals surface area (Å²) in [7, 11) is 0. The first-order valence-electron chi connectivity index (χ1n) is 7.87. The molecule has 1 amide bonds. The molecule has 5 heteroatoms. The van der Waals surface area contributed by atoms with Gasteiger partial charge in [0.2, 0.25) is 5.91 Å². The molecule has 1 heterocycles. The van der Waals surface area contributed by atoms with Crippen molar-refractivity contribution < 1.29 is 4.79 Å². The van der Waals surface area contributed by atoms with E-state index in [4.69, 9.17) is 0 Å². The van der Waals surface area contributed by atoms with Crippen LogP contribution in [-0.4, -0.2) is 41.7 Å². The number of amides is 1. The quantitative estimate of drug-likeness (QED) is 0.754. The van der Waals surface area contributed by atoms with E-state index in [2.05, 4.69) is 40.0 Å². The molecule has 0 bridgehead atoms. The van der Waals surface area contributed by atoms with E-state index in [0.717, 1.165) is 22.5 Å². The number of nitrogens with zero attached hydrogens (tertiary/aromatic N) is 1. The van der Waals surface area contributed by atoms with E-state index in [1.165, 1.54) is 19.3 Å². The van der Waals surface area contributed by atoms with Gasteiger partial charge < -0.3 is 5.32 Å². The minimum atomic E-state index is 0.0400. The lowest BCUT2D eigenvalue weighted by atomic mass is 9.98. The van der Waals surface area contributed by atoms with E-state index >= 15 is 0 Å². The van der Waals surface area contributed by atoms with Crippen LogP contribution in [0.3, 0.4) is 0 Å². The highest BCUT2D eigenvalue weighted by molar-refractivity contribution is 9.10. The maximum atomic E-state index is 12.1. The molecule has 0 unspecified atom stereocenters. The van der Waals surface area contributed by atoms with Crippen molar-refractivity contribution in [2.24, 2.45) is 0 Å². The SMILES string of the molecule is CC(C)(CNC(=O)CSc1ccc(Br)cc1)N1CCCCC1. The first kappa shape index (κ1) is 17.8. The van der Waals surface area contributed by atoms with E-state index in [1.807, 2.05) is 24.3 Å². The third-order valence-electron chi connectivity index (χ3n) is 4.11. The number of rotatable bonds is 6. The van der Waals surface area contributed by atoms with Crippen LogP contribution in [0.15, 0.2) is 33.6 Å². The van der Waals surface area contributed by atoms with Crippen molar-refractivity contribution in [2.75, 3.05) is 25.4 Å². The highest BCUT2D eigenvalue weighted by Gasteiger charge is 2.28. The number of nitrogens with one attached hydrogen (secondary N) is 1. The van der Waals surface area contributed by atoms with Crippen LogP contribution >= 0.6 is 27.7 Å². The second kappa shape index (κ2) is 8.37. The van der Waals surface area contributed by atoms with Crippen LogP contribution in [0.1, 0.15) is 33.1 Å². The fourth-order valence-corrected chi connectivity index (χ4v) is 3.65. The number of carbonyl (C=O) groups is 1. The van der Waals surface area contributed by atoms with E-state index in [1.54, 1.807) is 11.8 Å². The molecule has 122 valence electrons. The summed E-state index contributed by atoms with van der Waals surface area (Å²) in [6.07, 6.45) is 3.89. The summed E-state index contributed by atoms with van der Waals surface area (Å²) < 4.78 is 1.06. The Labute approximate surface area is 146 Å². The van der Waals surface area contributed by atoms with E-state index in [-0.39, 0.29) is 11.4 Å². The van der Waals surface area contributed by atoms with Crippen molar-refractivity contribution in [3.63, 3.8) is 0 Å². The minimum Gasteiger partial charge on any atom is -0.354 e. The Morgan fingerprint density at radius 3 is 2.50 bits per heavy atom. The summed E-state index contributed by atoms with van der Waals surface area (Å²) in [6.45, 7) is 7.46. The van der Waals surface area contributed by atoms with Crippen LogP contribution in [0.2, 0.25) is 0 Å². The second-order valence-corrected chi connectivity index (χ2v) is 8.34. The van der Waals surface area contributed by atoms with Crippen molar-refractivity contribution >= 4 is 33.6 Å². The van der Waals surface area contributed by atoms with Crippen LogP contribution in [0.5, 0.6) is 0 Å². The number of hydrogen-bond donors (Lipinski definition) is 1. The average molecular weight is 385 g/mol. The molecule has 1 N–H and O–H groups in total. The van der Waals surface area contributed by atoms with Gasteiger partial charge in [-0.1, -0.05) is 22.4 Å². The number of thioether (sulfide) groups is 1. The summed E-state index contributed by atoms with van der Waals surface area (Å²) in [5, 5.41) is 3.09. The number of likely N-dealkylation sites (tertiary alicyclic amines) is 1. The van der Waals surface area contributed by atoms with Gasteiger partial charge >= 0.3 is 0 Å². The van der Waals surface area contributed by atoms with Crippen molar-refractivity contribution in [1.82, 2.24) is 10.2 Å².